The van der Waals surface area contributed by atoms with Crippen molar-refractivity contribution >= 4 is 31.5 Å². The Labute approximate surface area is 149 Å². The van der Waals surface area contributed by atoms with Gasteiger partial charge in [-0.25, -0.2) is 0 Å². The Balaban J connectivity index is 2.71. The van der Waals surface area contributed by atoms with Gasteiger partial charge in [0.25, 0.3) is 0 Å². The number of nitrogens with zero attached hydrogens (tertiary/aromatic N) is 1. The second-order valence-electron chi connectivity index (χ2n) is 6.69. The molecule has 0 aromatic heterocycles. The molecule has 0 bridgehead atoms. The first-order valence-electron chi connectivity index (χ1n) is 7.66. The number of carboxylic acids is 1. The van der Waals surface area contributed by atoms with Crippen molar-refractivity contribution in [2.24, 2.45) is 0 Å². The van der Waals surface area contributed by atoms with Gasteiger partial charge < -0.3 is 0 Å². The molecule has 1 aromatic rings. The molecule has 0 radical (unpaired) electrons. The molecule has 1 amide bonds. The zero-order valence-corrected chi connectivity index (χ0v) is 16.5. The van der Waals surface area contributed by atoms with E-state index in [0.29, 0.717) is 5.32 Å². The molecule has 0 aliphatic carbocycles. The molecule has 6 nitrogen and oxygen atoms in total. The van der Waals surface area contributed by atoms with Crippen LogP contribution in [0.15, 0.2) is 24.3 Å². The number of amides is 1. The molecule has 0 saturated heterocycles. The predicted octanol–water partition coefficient (Wildman–Crippen LogP) is 1.47. The summed E-state index contributed by atoms with van der Waals surface area (Å²) in [6, 6.07) is 7.05. The summed E-state index contributed by atoms with van der Waals surface area (Å²) in [5.41, 5.74) is 0.528. The van der Waals surface area contributed by atoms with Crippen molar-refractivity contribution in [2.75, 3.05) is 14.1 Å². The van der Waals surface area contributed by atoms with Crippen LogP contribution in [0.4, 0.5) is 4.79 Å². The number of ether oxygens (including phenoxy) is 1. The topological polar surface area (TPSA) is 78.9 Å². The van der Waals surface area contributed by atoms with Gasteiger partial charge in [0.2, 0.25) is 0 Å². The molecule has 7 heteroatoms. The van der Waals surface area contributed by atoms with Crippen molar-refractivity contribution in [1.29, 1.82) is 0 Å². The maximum absolute atomic E-state index is 11.8. The normalized spacial score (nSPS) is 12.8. The summed E-state index contributed by atoms with van der Waals surface area (Å²) in [6.45, 7) is 6.02. The van der Waals surface area contributed by atoms with Gasteiger partial charge in [0, 0.05) is 0 Å². The van der Waals surface area contributed by atoms with E-state index in [1.807, 2.05) is 38.4 Å². The number of alkyl carbamates (subject to hydrolysis) is 1. The molecule has 0 spiro atoms. The van der Waals surface area contributed by atoms with Gasteiger partial charge in [-0.05, 0) is 0 Å². The van der Waals surface area contributed by atoms with Gasteiger partial charge in [0.15, 0.2) is 0 Å². The number of carboxylic acid groups (broad SMARTS) is 1. The Kier molecular flexibility index (Phi) is 7.73. The monoisotopic (exact) mass is 402 g/mol. The fraction of sp³-hybridized carbons (Fsp3) is 0.529. The van der Waals surface area contributed by atoms with Gasteiger partial charge in [0.1, 0.15) is 0 Å². The van der Waals surface area contributed by atoms with E-state index >= 15 is 0 Å². The van der Waals surface area contributed by atoms with E-state index in [1.165, 1.54) is 5.56 Å². The molecule has 24 heavy (non-hydrogen) atoms. The second-order valence-corrected chi connectivity index (χ2v) is 8.92. The van der Waals surface area contributed by atoms with Crippen molar-refractivity contribution in [1.82, 2.24) is 10.2 Å². The van der Waals surface area contributed by atoms with Crippen molar-refractivity contribution in [3.8, 4) is 0 Å². The first kappa shape index (κ1) is 20.5. The van der Waals surface area contributed by atoms with Gasteiger partial charge in [-0.3, -0.25) is 0 Å². The summed E-state index contributed by atoms with van der Waals surface area (Å²) in [5, 5.41) is 12.2. The quantitative estimate of drug-likeness (QED) is 0.677. The predicted molar refractivity (Wildman–Crippen MR) is 94.8 cm³/mol. The first-order chi connectivity index (χ1) is 11.1. The van der Waals surface area contributed by atoms with Crippen LogP contribution in [0.2, 0.25) is 5.32 Å². The molecule has 0 fully saturated rings. The third-order valence-electron chi connectivity index (χ3n) is 2.85. The Morgan fingerprint density at radius 3 is 2.46 bits per heavy atom. The molecule has 0 saturated carbocycles. The molecular weight excluding hydrogens is 375 g/mol. The summed E-state index contributed by atoms with van der Waals surface area (Å²) < 4.78 is 6.28. The molecule has 2 N–H and O–H groups in total. The van der Waals surface area contributed by atoms with Crippen molar-refractivity contribution < 1.29 is 19.4 Å². The molecule has 0 unspecified atom stereocenters. The minimum atomic E-state index is -1.05. The van der Waals surface area contributed by atoms with Gasteiger partial charge >= 0.3 is 149 Å². The van der Waals surface area contributed by atoms with Gasteiger partial charge in [-0.2, -0.15) is 0 Å². The zero-order chi connectivity index (χ0) is 18.3. The van der Waals surface area contributed by atoms with Crippen molar-refractivity contribution in [3.63, 3.8) is 0 Å². The average Bonchev–Trinajstić information content (AvgIpc) is 2.42. The Morgan fingerprint density at radius 1 is 1.29 bits per heavy atom. The van der Waals surface area contributed by atoms with Gasteiger partial charge in [0.05, 0.1) is 0 Å². The van der Waals surface area contributed by atoms with Crippen LogP contribution in [-0.2, 0) is 16.1 Å². The molecular formula is C17H26N2O4Se. The number of rotatable bonds is 7. The summed E-state index contributed by atoms with van der Waals surface area (Å²) in [5.74, 6) is -1.05. The van der Waals surface area contributed by atoms with Gasteiger partial charge in [-0.15, -0.1) is 0 Å². The van der Waals surface area contributed by atoms with E-state index in [9.17, 15) is 14.7 Å². The molecule has 0 heterocycles. The van der Waals surface area contributed by atoms with Crippen LogP contribution in [0.25, 0.3) is 0 Å². The molecule has 134 valence electrons. The second kappa shape index (κ2) is 9.06. The Hall–Kier alpha value is -1.56. The zero-order valence-electron chi connectivity index (χ0n) is 14.8. The van der Waals surface area contributed by atoms with E-state index in [1.54, 1.807) is 20.8 Å². The van der Waals surface area contributed by atoms with E-state index in [2.05, 4.69) is 10.2 Å². The van der Waals surface area contributed by atoms with Crippen molar-refractivity contribution in [3.05, 3.63) is 29.8 Å². The maximum atomic E-state index is 11.8. The van der Waals surface area contributed by atoms with Crippen molar-refractivity contribution in [2.45, 2.75) is 44.3 Å². The molecule has 0 aliphatic heterocycles. The van der Waals surface area contributed by atoms with E-state index in [4.69, 9.17) is 4.74 Å². The third-order valence-corrected chi connectivity index (χ3v) is 5.39. The van der Waals surface area contributed by atoms with Crippen LogP contribution in [0.1, 0.15) is 26.3 Å². The van der Waals surface area contributed by atoms with Gasteiger partial charge in [-0.1, -0.05) is 0 Å². The number of hydrogen-bond acceptors (Lipinski definition) is 4. The summed E-state index contributed by atoms with van der Waals surface area (Å²) in [7, 11) is 3.99. The molecule has 1 aromatic carbocycles. The number of carbonyl (C=O) groups excluding carboxylic acids is 1. The molecule has 1 atom stereocenters. The van der Waals surface area contributed by atoms with Crippen LogP contribution in [0.3, 0.4) is 0 Å². The fourth-order valence-electron chi connectivity index (χ4n) is 1.91. The number of nitrogens with one attached hydrogen (secondary N) is 1. The molecule has 0 aliphatic rings. The fourth-order valence-corrected chi connectivity index (χ4v) is 4.15. The average molecular weight is 401 g/mol. The molecule has 1 rings (SSSR count). The number of carbonyl (C=O) groups is 2. The van der Waals surface area contributed by atoms with Crippen LogP contribution < -0.4 is 9.78 Å². The van der Waals surface area contributed by atoms with Crippen LogP contribution >= 0.6 is 0 Å². The summed E-state index contributed by atoms with van der Waals surface area (Å²) in [4.78, 5) is 25.3. The SMILES string of the molecule is CN(C)Cc1ccccc1[Se]C[C@H](NC(=O)OC(C)(C)C)C(=O)O. The van der Waals surface area contributed by atoms with E-state index < -0.39 is 23.7 Å². The van der Waals surface area contributed by atoms with E-state index in [0.717, 1.165) is 11.0 Å². The number of hydrogen-bond donors (Lipinski definition) is 2. The first-order valence-corrected chi connectivity index (χ1v) is 9.73. The standard InChI is InChI=1S/C17H26N2O4Se/c1-17(2,3)23-16(22)18-13(15(20)21)11-24-14-9-7-6-8-12(14)10-19(4)5/h6-9,13H,10-11H2,1-5H3,(H,18,22)(H,20,21)/t13-/m0/s1. The number of aliphatic carboxylic acids is 1. The Morgan fingerprint density at radius 2 is 1.92 bits per heavy atom. The minimum absolute atomic E-state index is 0.0648. The van der Waals surface area contributed by atoms with Crippen LogP contribution in [0.5, 0.6) is 0 Å². The van der Waals surface area contributed by atoms with Crippen LogP contribution in [0, 0.1) is 0 Å². The third kappa shape index (κ3) is 7.81. The van der Waals surface area contributed by atoms with Crippen LogP contribution in [-0.4, -0.2) is 62.8 Å². The van der Waals surface area contributed by atoms with E-state index in [-0.39, 0.29) is 15.0 Å². The Bertz CT molecular complexity index is 570. The number of benzene rings is 1. The summed E-state index contributed by atoms with van der Waals surface area (Å²) in [6.07, 6.45) is -0.702. The summed E-state index contributed by atoms with van der Waals surface area (Å²) >= 11 is -0.0648.